The SMILES string of the molecule is NCC1Cc2ncccc2Oc2cc(F)ccc21. The van der Waals surface area contributed by atoms with Crippen LogP contribution < -0.4 is 10.5 Å². The zero-order valence-electron chi connectivity index (χ0n) is 9.77. The summed E-state index contributed by atoms with van der Waals surface area (Å²) in [4.78, 5) is 4.31. The standard InChI is InChI=1S/C14H13FN2O/c15-10-3-4-11-9(8-16)6-12-13(2-1-5-17-12)18-14(11)7-10/h1-5,7,9H,6,8,16H2. The number of rotatable bonds is 1. The van der Waals surface area contributed by atoms with Gasteiger partial charge in [0.2, 0.25) is 0 Å². The Morgan fingerprint density at radius 2 is 2.22 bits per heavy atom. The van der Waals surface area contributed by atoms with E-state index in [0.717, 1.165) is 11.3 Å². The highest BCUT2D eigenvalue weighted by Crippen LogP contribution is 2.38. The second-order valence-electron chi connectivity index (χ2n) is 4.37. The Kier molecular flexibility index (Phi) is 2.72. The van der Waals surface area contributed by atoms with E-state index in [-0.39, 0.29) is 11.7 Å². The van der Waals surface area contributed by atoms with Crippen molar-refractivity contribution in [3.8, 4) is 11.5 Å². The second-order valence-corrected chi connectivity index (χ2v) is 4.37. The van der Waals surface area contributed by atoms with E-state index < -0.39 is 0 Å². The Hall–Kier alpha value is -1.94. The van der Waals surface area contributed by atoms with Crippen LogP contribution >= 0.6 is 0 Å². The van der Waals surface area contributed by atoms with Gasteiger partial charge in [-0.3, -0.25) is 4.98 Å². The third-order valence-electron chi connectivity index (χ3n) is 3.21. The van der Waals surface area contributed by atoms with E-state index in [4.69, 9.17) is 10.5 Å². The minimum Gasteiger partial charge on any atom is -0.455 e. The quantitative estimate of drug-likeness (QED) is 0.838. The maximum atomic E-state index is 13.3. The first kappa shape index (κ1) is 11.2. The van der Waals surface area contributed by atoms with Gasteiger partial charge in [-0.15, -0.1) is 0 Å². The molecule has 0 fully saturated rings. The Morgan fingerprint density at radius 1 is 1.33 bits per heavy atom. The largest absolute Gasteiger partial charge is 0.455 e. The number of hydrogen-bond donors (Lipinski definition) is 1. The maximum absolute atomic E-state index is 13.3. The Balaban J connectivity index is 2.14. The zero-order valence-corrected chi connectivity index (χ0v) is 9.77. The van der Waals surface area contributed by atoms with Crippen LogP contribution in [0.25, 0.3) is 0 Å². The van der Waals surface area contributed by atoms with E-state index in [1.54, 1.807) is 18.3 Å². The Morgan fingerprint density at radius 3 is 3.06 bits per heavy atom. The number of halogens is 1. The summed E-state index contributed by atoms with van der Waals surface area (Å²) >= 11 is 0. The van der Waals surface area contributed by atoms with Gasteiger partial charge >= 0.3 is 0 Å². The zero-order chi connectivity index (χ0) is 12.5. The smallest absolute Gasteiger partial charge is 0.148 e. The number of hydrogen-bond acceptors (Lipinski definition) is 3. The van der Waals surface area contributed by atoms with Gasteiger partial charge in [0.15, 0.2) is 0 Å². The van der Waals surface area contributed by atoms with Crippen molar-refractivity contribution in [1.82, 2.24) is 4.98 Å². The highest BCUT2D eigenvalue weighted by molar-refractivity contribution is 5.45. The van der Waals surface area contributed by atoms with Gasteiger partial charge in [-0.25, -0.2) is 4.39 Å². The van der Waals surface area contributed by atoms with Gasteiger partial charge in [0, 0.05) is 24.6 Å². The summed E-state index contributed by atoms with van der Waals surface area (Å²) in [5.74, 6) is 1.02. The average Bonchev–Trinajstić information content (AvgIpc) is 2.53. The lowest BCUT2D eigenvalue weighted by atomic mass is 9.94. The molecule has 2 aromatic rings. The minimum absolute atomic E-state index is 0.108. The lowest BCUT2D eigenvalue weighted by Gasteiger charge is -2.13. The molecule has 0 radical (unpaired) electrons. The summed E-state index contributed by atoms with van der Waals surface area (Å²) in [5, 5.41) is 0. The average molecular weight is 244 g/mol. The molecular formula is C14H13FN2O. The summed E-state index contributed by atoms with van der Waals surface area (Å²) in [6.45, 7) is 0.484. The summed E-state index contributed by atoms with van der Waals surface area (Å²) in [7, 11) is 0. The topological polar surface area (TPSA) is 48.1 Å². The molecule has 1 atom stereocenters. The van der Waals surface area contributed by atoms with Crippen LogP contribution in [0.2, 0.25) is 0 Å². The van der Waals surface area contributed by atoms with Crippen molar-refractivity contribution in [2.45, 2.75) is 12.3 Å². The molecule has 3 rings (SSSR count). The second kappa shape index (κ2) is 4.38. The summed E-state index contributed by atoms with van der Waals surface area (Å²) < 4.78 is 19.1. The number of pyridine rings is 1. The molecule has 0 saturated carbocycles. The normalized spacial score (nSPS) is 17.3. The van der Waals surface area contributed by atoms with Gasteiger partial charge in [-0.05, 0) is 30.3 Å². The van der Waals surface area contributed by atoms with Crippen LogP contribution in [0.4, 0.5) is 4.39 Å². The van der Waals surface area contributed by atoms with E-state index in [1.807, 2.05) is 6.07 Å². The fourth-order valence-electron chi connectivity index (χ4n) is 2.28. The molecule has 18 heavy (non-hydrogen) atoms. The summed E-state index contributed by atoms with van der Waals surface area (Å²) in [5.41, 5.74) is 7.61. The molecule has 0 bridgehead atoms. The molecule has 1 aliphatic rings. The first-order valence-electron chi connectivity index (χ1n) is 5.89. The van der Waals surface area contributed by atoms with E-state index in [0.29, 0.717) is 24.5 Å². The van der Waals surface area contributed by atoms with Crippen LogP contribution in [0.5, 0.6) is 11.5 Å². The van der Waals surface area contributed by atoms with Crippen molar-refractivity contribution in [3.63, 3.8) is 0 Å². The molecule has 1 aromatic carbocycles. The van der Waals surface area contributed by atoms with Crippen molar-refractivity contribution in [1.29, 1.82) is 0 Å². The van der Waals surface area contributed by atoms with Crippen LogP contribution in [0.1, 0.15) is 17.2 Å². The monoisotopic (exact) mass is 244 g/mol. The van der Waals surface area contributed by atoms with Gasteiger partial charge in [0.1, 0.15) is 17.3 Å². The van der Waals surface area contributed by atoms with Crippen LogP contribution in [0.3, 0.4) is 0 Å². The molecule has 1 aromatic heterocycles. The van der Waals surface area contributed by atoms with Gasteiger partial charge in [-0.1, -0.05) is 6.07 Å². The molecule has 1 unspecified atom stereocenters. The molecule has 2 heterocycles. The van der Waals surface area contributed by atoms with Crippen molar-refractivity contribution in [2.24, 2.45) is 5.73 Å². The molecule has 92 valence electrons. The summed E-state index contributed by atoms with van der Waals surface area (Å²) in [6, 6.07) is 8.24. The van der Waals surface area contributed by atoms with E-state index in [2.05, 4.69) is 4.98 Å². The minimum atomic E-state index is -0.308. The number of ether oxygens (including phenoxy) is 1. The Bertz CT molecular complexity index is 586. The van der Waals surface area contributed by atoms with Crippen molar-refractivity contribution < 1.29 is 9.13 Å². The first-order chi connectivity index (χ1) is 8.78. The summed E-state index contributed by atoms with van der Waals surface area (Å²) in [6.07, 6.45) is 2.44. The fraction of sp³-hybridized carbons (Fsp3) is 0.214. The number of aromatic nitrogens is 1. The lowest BCUT2D eigenvalue weighted by Crippen LogP contribution is -2.14. The number of nitrogens with zero attached hydrogens (tertiary/aromatic N) is 1. The Labute approximate surface area is 104 Å². The van der Waals surface area contributed by atoms with Crippen molar-refractivity contribution >= 4 is 0 Å². The molecule has 0 spiro atoms. The molecule has 3 nitrogen and oxygen atoms in total. The van der Waals surface area contributed by atoms with Gasteiger partial charge in [-0.2, -0.15) is 0 Å². The van der Waals surface area contributed by atoms with Gasteiger partial charge in [0.25, 0.3) is 0 Å². The van der Waals surface area contributed by atoms with Crippen molar-refractivity contribution in [2.75, 3.05) is 6.54 Å². The van der Waals surface area contributed by atoms with Crippen LogP contribution in [-0.4, -0.2) is 11.5 Å². The number of nitrogens with two attached hydrogens (primary N) is 1. The predicted molar refractivity (Wildman–Crippen MR) is 66.2 cm³/mol. The third-order valence-corrected chi connectivity index (χ3v) is 3.21. The predicted octanol–water partition coefficient (Wildman–Crippen LogP) is 2.61. The van der Waals surface area contributed by atoms with Crippen LogP contribution in [0, 0.1) is 5.82 Å². The molecule has 4 heteroatoms. The van der Waals surface area contributed by atoms with Gasteiger partial charge in [0.05, 0.1) is 5.69 Å². The van der Waals surface area contributed by atoms with Crippen molar-refractivity contribution in [3.05, 3.63) is 53.6 Å². The maximum Gasteiger partial charge on any atom is 0.148 e. The lowest BCUT2D eigenvalue weighted by molar-refractivity contribution is 0.470. The molecule has 0 aliphatic carbocycles. The molecule has 0 saturated heterocycles. The van der Waals surface area contributed by atoms with E-state index >= 15 is 0 Å². The third kappa shape index (κ3) is 1.84. The number of fused-ring (bicyclic) bond motifs is 2. The van der Waals surface area contributed by atoms with Crippen LogP contribution in [-0.2, 0) is 6.42 Å². The first-order valence-corrected chi connectivity index (χ1v) is 5.89. The fourth-order valence-corrected chi connectivity index (χ4v) is 2.28. The van der Waals surface area contributed by atoms with Gasteiger partial charge < -0.3 is 10.5 Å². The number of benzene rings is 1. The molecule has 0 amide bonds. The van der Waals surface area contributed by atoms with Crippen LogP contribution in [0.15, 0.2) is 36.5 Å². The highest BCUT2D eigenvalue weighted by atomic mass is 19.1. The van der Waals surface area contributed by atoms with E-state index in [9.17, 15) is 4.39 Å². The molecule has 1 aliphatic heterocycles. The van der Waals surface area contributed by atoms with E-state index in [1.165, 1.54) is 12.1 Å². The molecular weight excluding hydrogens is 231 g/mol. The highest BCUT2D eigenvalue weighted by Gasteiger charge is 2.23. The molecule has 2 N–H and O–H groups in total.